The van der Waals surface area contributed by atoms with Gasteiger partial charge in [0.05, 0.1) is 24.3 Å². The molecule has 1 aliphatic heterocycles. The number of halogens is 1. The number of nitrogens with one attached hydrogen (secondary N) is 1. The van der Waals surface area contributed by atoms with Crippen LogP contribution in [0, 0.1) is 5.92 Å². The van der Waals surface area contributed by atoms with Crippen molar-refractivity contribution in [3.63, 3.8) is 0 Å². The fourth-order valence-electron chi connectivity index (χ4n) is 2.79. The van der Waals surface area contributed by atoms with Gasteiger partial charge >= 0.3 is 5.97 Å². The molecular formula is C18H18ClNO5S. The van der Waals surface area contributed by atoms with Gasteiger partial charge in [-0.2, -0.15) is 0 Å². The number of fused-ring (bicyclic) bond motifs is 1. The number of carbonyl (C=O) groups excluding carboxylic acids is 1. The summed E-state index contributed by atoms with van der Waals surface area (Å²) in [5.74, 6) is 0.280. The molecule has 0 saturated heterocycles. The van der Waals surface area contributed by atoms with Gasteiger partial charge in [-0.3, -0.25) is 0 Å². The lowest BCUT2D eigenvalue weighted by atomic mass is 9.97. The van der Waals surface area contributed by atoms with E-state index in [0.717, 1.165) is 17.7 Å². The third kappa shape index (κ3) is 4.00. The molecule has 0 spiro atoms. The Labute approximate surface area is 157 Å². The number of rotatable bonds is 5. The molecule has 8 heteroatoms. The van der Waals surface area contributed by atoms with Gasteiger partial charge in [0, 0.05) is 12.5 Å². The summed E-state index contributed by atoms with van der Waals surface area (Å²) < 4.78 is 37.9. The summed E-state index contributed by atoms with van der Waals surface area (Å²) in [5.41, 5.74) is 1.25. The maximum absolute atomic E-state index is 12.5. The largest absolute Gasteiger partial charge is 0.493 e. The van der Waals surface area contributed by atoms with Crippen LogP contribution in [0.4, 0.5) is 0 Å². The normalized spacial score (nSPS) is 16.5. The van der Waals surface area contributed by atoms with Crippen LogP contribution in [0.25, 0.3) is 0 Å². The van der Waals surface area contributed by atoms with Gasteiger partial charge in [0.1, 0.15) is 10.6 Å². The molecule has 2 aromatic rings. The Hall–Kier alpha value is -2.09. The predicted octanol–water partition coefficient (Wildman–Crippen LogP) is 2.66. The lowest BCUT2D eigenvalue weighted by molar-refractivity contribution is 0.0600. The monoisotopic (exact) mass is 395 g/mol. The molecule has 26 heavy (non-hydrogen) atoms. The first-order chi connectivity index (χ1) is 12.4. The van der Waals surface area contributed by atoms with Crippen molar-refractivity contribution < 1.29 is 22.7 Å². The van der Waals surface area contributed by atoms with Crippen LogP contribution < -0.4 is 9.46 Å². The molecular weight excluding hydrogens is 378 g/mol. The van der Waals surface area contributed by atoms with Crippen molar-refractivity contribution in [2.45, 2.75) is 11.3 Å². The minimum atomic E-state index is -3.81. The lowest BCUT2D eigenvalue weighted by Gasteiger charge is -2.25. The van der Waals surface area contributed by atoms with Gasteiger partial charge in [-0.15, -0.1) is 0 Å². The molecule has 1 unspecified atom stereocenters. The van der Waals surface area contributed by atoms with E-state index in [-0.39, 0.29) is 27.9 Å². The number of benzene rings is 2. The van der Waals surface area contributed by atoms with Crippen LogP contribution in [-0.2, 0) is 21.2 Å². The van der Waals surface area contributed by atoms with E-state index in [9.17, 15) is 13.2 Å². The average Bonchev–Trinajstić information content (AvgIpc) is 2.65. The van der Waals surface area contributed by atoms with E-state index in [2.05, 4.69) is 9.46 Å². The molecule has 1 N–H and O–H groups in total. The molecule has 2 aromatic carbocycles. The van der Waals surface area contributed by atoms with Crippen molar-refractivity contribution in [3.8, 4) is 5.75 Å². The number of hydrogen-bond donors (Lipinski definition) is 1. The van der Waals surface area contributed by atoms with E-state index in [4.69, 9.17) is 16.3 Å². The average molecular weight is 396 g/mol. The van der Waals surface area contributed by atoms with Crippen molar-refractivity contribution in [1.82, 2.24) is 4.72 Å². The maximum atomic E-state index is 12.5. The lowest BCUT2D eigenvalue weighted by Crippen LogP contribution is -2.35. The second-order valence-corrected chi connectivity index (χ2v) is 8.12. The van der Waals surface area contributed by atoms with Crippen LogP contribution in [0.5, 0.6) is 5.75 Å². The van der Waals surface area contributed by atoms with Gasteiger partial charge in [-0.05, 0) is 36.2 Å². The first-order valence-corrected chi connectivity index (χ1v) is 9.85. The van der Waals surface area contributed by atoms with E-state index in [1.807, 2.05) is 24.3 Å². The molecule has 0 aliphatic carbocycles. The second kappa shape index (κ2) is 7.65. The Balaban J connectivity index is 1.69. The second-order valence-electron chi connectivity index (χ2n) is 5.98. The van der Waals surface area contributed by atoms with Crippen LogP contribution in [-0.4, -0.2) is 34.6 Å². The van der Waals surface area contributed by atoms with Crippen molar-refractivity contribution in [1.29, 1.82) is 0 Å². The highest BCUT2D eigenvalue weighted by Crippen LogP contribution is 2.27. The molecule has 1 aliphatic rings. The summed E-state index contributed by atoms with van der Waals surface area (Å²) in [5, 5.41) is -0.0364. The molecule has 0 aromatic heterocycles. The summed E-state index contributed by atoms with van der Waals surface area (Å²) >= 11 is 6.05. The number of carbonyl (C=O) groups is 1. The van der Waals surface area contributed by atoms with Crippen molar-refractivity contribution >= 4 is 27.6 Å². The van der Waals surface area contributed by atoms with Gasteiger partial charge in [0.25, 0.3) is 0 Å². The van der Waals surface area contributed by atoms with E-state index in [0.29, 0.717) is 6.61 Å². The summed E-state index contributed by atoms with van der Waals surface area (Å²) in [7, 11) is -2.56. The van der Waals surface area contributed by atoms with E-state index < -0.39 is 16.0 Å². The molecule has 0 amide bonds. The number of para-hydroxylation sites is 1. The third-order valence-electron chi connectivity index (χ3n) is 4.16. The zero-order valence-corrected chi connectivity index (χ0v) is 15.6. The molecule has 0 radical (unpaired) electrons. The topological polar surface area (TPSA) is 81.7 Å². The Morgan fingerprint density at radius 2 is 2.08 bits per heavy atom. The number of methoxy groups -OCH3 is 1. The van der Waals surface area contributed by atoms with Gasteiger partial charge in [-0.1, -0.05) is 29.8 Å². The highest BCUT2D eigenvalue weighted by molar-refractivity contribution is 7.89. The summed E-state index contributed by atoms with van der Waals surface area (Å²) in [6, 6.07) is 11.6. The molecule has 6 nitrogen and oxygen atoms in total. The van der Waals surface area contributed by atoms with Crippen LogP contribution >= 0.6 is 11.6 Å². The van der Waals surface area contributed by atoms with E-state index in [1.165, 1.54) is 25.3 Å². The molecule has 0 fully saturated rings. The predicted molar refractivity (Wildman–Crippen MR) is 97.1 cm³/mol. The quantitative estimate of drug-likeness (QED) is 0.787. The van der Waals surface area contributed by atoms with Crippen LogP contribution in [0.3, 0.4) is 0 Å². The standard InChI is InChI=1S/C18H18ClNO5S/c1-24-18(21)14-6-7-17(15(19)9-14)26(22,23)20-10-12-8-13-4-2-3-5-16(13)25-11-12/h2-7,9,12,20H,8,10-11H2,1H3. The summed E-state index contributed by atoms with van der Waals surface area (Å²) in [4.78, 5) is 11.4. The minimum absolute atomic E-state index is 0.0211. The Morgan fingerprint density at radius 3 is 2.81 bits per heavy atom. The number of ether oxygens (including phenoxy) is 2. The first-order valence-electron chi connectivity index (χ1n) is 7.99. The van der Waals surface area contributed by atoms with Crippen molar-refractivity contribution in [2.75, 3.05) is 20.3 Å². The summed E-state index contributed by atoms with van der Waals surface area (Å²) in [6.07, 6.45) is 0.730. The van der Waals surface area contributed by atoms with E-state index >= 15 is 0 Å². The molecule has 138 valence electrons. The van der Waals surface area contributed by atoms with Crippen molar-refractivity contribution in [3.05, 3.63) is 58.6 Å². The summed E-state index contributed by atoms with van der Waals surface area (Å²) in [6.45, 7) is 0.667. The minimum Gasteiger partial charge on any atom is -0.493 e. The van der Waals surface area contributed by atoms with Gasteiger partial charge in [-0.25, -0.2) is 17.9 Å². The van der Waals surface area contributed by atoms with Crippen LogP contribution in [0.2, 0.25) is 5.02 Å². The highest BCUT2D eigenvalue weighted by atomic mass is 35.5. The molecule has 0 saturated carbocycles. The molecule has 3 rings (SSSR count). The van der Waals surface area contributed by atoms with Gasteiger partial charge in [0.2, 0.25) is 10.0 Å². The Bertz CT molecular complexity index is 929. The third-order valence-corrected chi connectivity index (χ3v) is 6.07. The first kappa shape index (κ1) is 18.7. The van der Waals surface area contributed by atoms with E-state index in [1.54, 1.807) is 0 Å². The molecule has 1 atom stereocenters. The SMILES string of the molecule is COC(=O)c1ccc(S(=O)(=O)NCC2COc3ccccc3C2)c(Cl)c1. The molecule has 1 heterocycles. The highest BCUT2D eigenvalue weighted by Gasteiger charge is 2.24. The van der Waals surface area contributed by atoms with Gasteiger partial charge < -0.3 is 9.47 Å². The maximum Gasteiger partial charge on any atom is 0.337 e. The number of esters is 1. The zero-order valence-electron chi connectivity index (χ0n) is 14.1. The fraction of sp³-hybridized carbons (Fsp3) is 0.278. The molecule has 0 bridgehead atoms. The Morgan fingerprint density at radius 1 is 1.31 bits per heavy atom. The van der Waals surface area contributed by atoms with Crippen molar-refractivity contribution in [2.24, 2.45) is 5.92 Å². The number of sulfonamides is 1. The van der Waals surface area contributed by atoms with Gasteiger partial charge in [0.15, 0.2) is 0 Å². The fourth-order valence-corrected chi connectivity index (χ4v) is 4.45. The van der Waals surface area contributed by atoms with Crippen LogP contribution in [0.1, 0.15) is 15.9 Å². The van der Waals surface area contributed by atoms with Crippen LogP contribution in [0.15, 0.2) is 47.4 Å². The number of hydrogen-bond acceptors (Lipinski definition) is 5. The smallest absolute Gasteiger partial charge is 0.337 e. The zero-order chi connectivity index (χ0) is 18.7. The Kier molecular flexibility index (Phi) is 5.50.